The third-order valence-corrected chi connectivity index (χ3v) is 12.6. The van der Waals surface area contributed by atoms with Crippen LogP contribution in [0.3, 0.4) is 0 Å². The zero-order valence-electron chi connectivity index (χ0n) is 43.5. The fourth-order valence-electron chi connectivity index (χ4n) is 8.58. The highest BCUT2D eigenvalue weighted by Crippen LogP contribution is 2.41. The van der Waals surface area contributed by atoms with Gasteiger partial charge in [-0.1, -0.05) is 71.4 Å². The molecule has 2 heterocycles. The van der Waals surface area contributed by atoms with Crippen LogP contribution in [0.15, 0.2) is 72.9 Å². The first-order valence-corrected chi connectivity index (χ1v) is 25.2. The molecular formula is C54H73F2N9O9. The van der Waals surface area contributed by atoms with Crippen molar-refractivity contribution in [3.8, 4) is 11.1 Å². The standard InChI is InChI=1S/C54H73F2N9O9/c1-34(2)49(62-45(68)19-12-9-15-26-65-47(70)22-23-48(65)71)53(74)60-35(3)51(72)61-40(33-66)18-13-14-25-58-46(69)30-59-52(73)43(57)24-27-64(36(4)67)50(54(5,6)7)44-28-38(41-29-39(55)20-21-42(41)56)32-63(44)31-37-16-10-8-11-17-37/h8,10-11,16-17,20-23,28-29,32-35,40,43,49-50H,9,12-15,18-19,24-27,30-31,57H2,1-7H3,(H,58,69)(H,59,73)(H,60,74)(H,61,72)(H,62,68)/t35?,40?,43?,49-,50?/m0/s1. The molecule has 4 unspecified atom stereocenters. The van der Waals surface area contributed by atoms with Gasteiger partial charge in [0.2, 0.25) is 35.4 Å². The van der Waals surface area contributed by atoms with E-state index in [-0.39, 0.29) is 80.6 Å². The number of nitrogens with one attached hydrogen (secondary N) is 5. The van der Waals surface area contributed by atoms with E-state index < -0.39 is 70.9 Å². The van der Waals surface area contributed by atoms with Crippen LogP contribution >= 0.6 is 0 Å². The number of amides is 8. The fraction of sp³-hybridized carbons (Fsp3) is 0.500. The van der Waals surface area contributed by atoms with Crippen molar-refractivity contribution >= 4 is 53.5 Å². The molecule has 0 saturated heterocycles. The normalized spacial score (nSPS) is 14.4. The van der Waals surface area contributed by atoms with E-state index in [4.69, 9.17) is 5.73 Å². The molecule has 1 aliphatic heterocycles. The lowest BCUT2D eigenvalue weighted by molar-refractivity contribution is -0.137. The number of halogens is 2. The highest BCUT2D eigenvalue weighted by Gasteiger charge is 2.37. The lowest BCUT2D eigenvalue weighted by atomic mass is 9.82. The van der Waals surface area contributed by atoms with E-state index in [1.807, 2.05) is 55.7 Å². The zero-order valence-corrected chi connectivity index (χ0v) is 43.5. The summed E-state index contributed by atoms with van der Waals surface area (Å²) in [5, 5.41) is 13.1. The van der Waals surface area contributed by atoms with Crippen LogP contribution in [-0.4, -0.2) is 118 Å². The summed E-state index contributed by atoms with van der Waals surface area (Å²) >= 11 is 0. The molecule has 0 fully saturated rings. The van der Waals surface area contributed by atoms with Crippen molar-refractivity contribution in [2.24, 2.45) is 17.1 Å². The van der Waals surface area contributed by atoms with Crippen LogP contribution in [0, 0.1) is 23.0 Å². The maximum atomic E-state index is 15.1. The molecule has 1 aromatic heterocycles. The van der Waals surface area contributed by atoms with E-state index in [9.17, 15) is 47.5 Å². The van der Waals surface area contributed by atoms with Gasteiger partial charge in [-0.2, -0.15) is 0 Å². The summed E-state index contributed by atoms with van der Waals surface area (Å²) in [4.78, 5) is 116. The highest BCUT2D eigenvalue weighted by molar-refractivity contribution is 6.12. The Morgan fingerprint density at radius 3 is 2.11 bits per heavy atom. The van der Waals surface area contributed by atoms with Crippen LogP contribution < -0.4 is 32.3 Å². The number of rotatable bonds is 29. The van der Waals surface area contributed by atoms with Crippen LogP contribution in [0.25, 0.3) is 11.1 Å². The Labute approximate surface area is 432 Å². The summed E-state index contributed by atoms with van der Waals surface area (Å²) in [5.41, 5.74) is 7.84. The maximum absolute atomic E-state index is 15.1. The summed E-state index contributed by atoms with van der Waals surface area (Å²) in [6.07, 6.45) is 7.60. The van der Waals surface area contributed by atoms with Gasteiger partial charge >= 0.3 is 0 Å². The Morgan fingerprint density at radius 1 is 0.784 bits per heavy atom. The predicted octanol–water partition coefficient (Wildman–Crippen LogP) is 4.35. The Morgan fingerprint density at radius 2 is 1.47 bits per heavy atom. The minimum atomic E-state index is -1.09. The summed E-state index contributed by atoms with van der Waals surface area (Å²) in [5.74, 6) is -5.17. The number of benzene rings is 2. The Kier molecular flexibility index (Phi) is 22.8. The van der Waals surface area contributed by atoms with Gasteiger partial charge in [0.25, 0.3) is 11.8 Å². The van der Waals surface area contributed by atoms with Crippen molar-refractivity contribution < 1.29 is 51.9 Å². The smallest absolute Gasteiger partial charge is 0.253 e. The number of carbonyl (C=O) groups excluding carboxylic acids is 9. The fourth-order valence-corrected chi connectivity index (χ4v) is 8.58. The second kappa shape index (κ2) is 28.4. The molecule has 0 spiro atoms. The molecule has 3 aromatic rings. The molecule has 4 rings (SSSR count). The van der Waals surface area contributed by atoms with Gasteiger partial charge in [-0.05, 0) is 86.6 Å². The van der Waals surface area contributed by atoms with Crippen molar-refractivity contribution in [3.63, 3.8) is 0 Å². The average molecular weight is 1030 g/mol. The molecule has 0 saturated carbocycles. The van der Waals surface area contributed by atoms with E-state index in [0.29, 0.717) is 56.2 Å². The third kappa shape index (κ3) is 18.1. The van der Waals surface area contributed by atoms with E-state index in [1.165, 1.54) is 26.0 Å². The number of hydrogen-bond acceptors (Lipinski definition) is 10. The zero-order chi connectivity index (χ0) is 54.7. The van der Waals surface area contributed by atoms with Crippen LogP contribution in [-0.2, 0) is 49.7 Å². The second-order valence-corrected chi connectivity index (χ2v) is 20.1. The van der Waals surface area contributed by atoms with Crippen molar-refractivity contribution in [2.45, 2.75) is 137 Å². The molecular weight excluding hydrogens is 957 g/mol. The maximum Gasteiger partial charge on any atom is 0.253 e. The van der Waals surface area contributed by atoms with Gasteiger partial charge in [0.15, 0.2) is 0 Å². The van der Waals surface area contributed by atoms with Crippen molar-refractivity contribution in [1.82, 2.24) is 41.0 Å². The average Bonchev–Trinajstić information content (AvgIpc) is 3.90. The van der Waals surface area contributed by atoms with Crippen molar-refractivity contribution in [3.05, 3.63) is 95.8 Å². The topological polar surface area (TPSA) is 251 Å². The molecule has 402 valence electrons. The predicted molar refractivity (Wildman–Crippen MR) is 274 cm³/mol. The van der Waals surface area contributed by atoms with E-state index in [2.05, 4.69) is 26.6 Å². The summed E-state index contributed by atoms with van der Waals surface area (Å²) in [7, 11) is 0. The summed E-state index contributed by atoms with van der Waals surface area (Å²) in [6.45, 7) is 12.8. The largest absolute Gasteiger partial charge is 0.355 e. The first kappa shape index (κ1) is 59.5. The number of unbranched alkanes of at least 4 members (excludes halogenated alkanes) is 3. The Balaban J connectivity index is 1.20. The number of imide groups is 1. The monoisotopic (exact) mass is 1030 g/mol. The minimum absolute atomic E-state index is 0.0397. The van der Waals surface area contributed by atoms with Gasteiger partial charge in [0, 0.05) is 74.7 Å². The molecule has 74 heavy (non-hydrogen) atoms. The molecule has 18 nitrogen and oxygen atoms in total. The van der Waals surface area contributed by atoms with Crippen LogP contribution in [0.1, 0.15) is 117 Å². The van der Waals surface area contributed by atoms with E-state index >= 15 is 4.39 Å². The molecule has 0 aliphatic carbocycles. The SMILES string of the molecule is CC(=O)N(CCC(N)C(=O)NCC(=O)NCCCCC(C=O)NC(=O)C(C)NC(=O)[C@@H](NC(=O)CCCCCN1C(=O)C=CC1=O)C(C)C)C(c1cc(-c2cc(F)ccc2F)cn1Cc1ccccc1)C(C)(C)C. The van der Waals surface area contributed by atoms with Gasteiger partial charge in [-0.15, -0.1) is 0 Å². The number of aldehydes is 1. The molecule has 20 heteroatoms. The van der Waals surface area contributed by atoms with Gasteiger partial charge < -0.3 is 46.6 Å². The Bertz CT molecular complexity index is 2470. The van der Waals surface area contributed by atoms with Crippen LogP contribution in [0.5, 0.6) is 0 Å². The summed E-state index contributed by atoms with van der Waals surface area (Å²) in [6, 6.07) is 10.0. The number of nitrogens with two attached hydrogens (primary N) is 1. The number of nitrogens with zero attached hydrogens (tertiary/aromatic N) is 3. The van der Waals surface area contributed by atoms with Crippen molar-refractivity contribution in [1.29, 1.82) is 0 Å². The van der Waals surface area contributed by atoms with E-state index in [1.54, 1.807) is 31.0 Å². The molecule has 8 amide bonds. The van der Waals surface area contributed by atoms with Crippen LogP contribution in [0.2, 0.25) is 0 Å². The Hall–Kier alpha value is -7.09. The molecule has 2 aromatic carbocycles. The van der Waals surface area contributed by atoms with Gasteiger partial charge in [0.05, 0.1) is 24.7 Å². The van der Waals surface area contributed by atoms with E-state index in [0.717, 1.165) is 28.7 Å². The molecule has 5 atom stereocenters. The first-order chi connectivity index (χ1) is 35.0. The van der Waals surface area contributed by atoms with Gasteiger partial charge in [0.1, 0.15) is 30.0 Å². The lowest BCUT2D eigenvalue weighted by Gasteiger charge is -2.41. The van der Waals surface area contributed by atoms with Gasteiger partial charge in [-0.25, -0.2) is 8.78 Å². The van der Waals surface area contributed by atoms with Crippen LogP contribution in [0.4, 0.5) is 8.78 Å². The number of carbonyl (C=O) groups is 9. The second-order valence-electron chi connectivity index (χ2n) is 20.1. The molecule has 1 aliphatic rings. The molecule has 0 bridgehead atoms. The van der Waals surface area contributed by atoms with Crippen molar-refractivity contribution in [2.75, 3.05) is 26.2 Å². The number of hydrogen-bond donors (Lipinski definition) is 6. The van der Waals surface area contributed by atoms with Gasteiger partial charge in [-0.3, -0.25) is 43.3 Å². The quantitative estimate of drug-likeness (QED) is 0.0326. The molecule has 0 radical (unpaired) electrons. The first-order valence-electron chi connectivity index (χ1n) is 25.2. The highest BCUT2D eigenvalue weighted by atomic mass is 19.1. The lowest BCUT2D eigenvalue weighted by Crippen LogP contribution is -2.55. The number of aromatic nitrogens is 1. The minimum Gasteiger partial charge on any atom is -0.355 e. The third-order valence-electron chi connectivity index (χ3n) is 12.6. The molecule has 7 N–H and O–H groups in total. The summed E-state index contributed by atoms with van der Waals surface area (Å²) < 4.78 is 31.4.